The summed E-state index contributed by atoms with van der Waals surface area (Å²) in [5.74, 6) is 0.498. The molecule has 0 spiro atoms. The Bertz CT molecular complexity index is 1120. The molecule has 0 atom stereocenters. The van der Waals surface area contributed by atoms with E-state index in [2.05, 4.69) is 10.3 Å². The van der Waals surface area contributed by atoms with E-state index in [1.807, 2.05) is 31.2 Å². The second kappa shape index (κ2) is 7.20. The number of nitrogens with zero attached hydrogens (tertiary/aromatic N) is 1. The van der Waals surface area contributed by atoms with Crippen molar-refractivity contribution in [3.63, 3.8) is 0 Å². The maximum absolute atomic E-state index is 13.3. The molecular weight excluding hydrogens is 367 g/mol. The summed E-state index contributed by atoms with van der Waals surface area (Å²) in [4.78, 5) is 16.6. The molecule has 1 N–H and O–H groups in total. The number of hydrogen-bond donors (Lipinski definition) is 1. The minimum atomic E-state index is -0.462. The third-order valence-electron chi connectivity index (χ3n) is 3.86. The van der Waals surface area contributed by atoms with E-state index in [-0.39, 0.29) is 5.56 Å². The molecule has 4 rings (SSSR count). The summed E-state index contributed by atoms with van der Waals surface area (Å²) in [5, 5.41) is 5.79. The third-order valence-corrected chi connectivity index (χ3v) is 4.62. The molecule has 0 aliphatic heterocycles. The Labute approximate surface area is 158 Å². The van der Waals surface area contributed by atoms with Crippen molar-refractivity contribution in [1.29, 1.82) is 0 Å². The van der Waals surface area contributed by atoms with Crippen molar-refractivity contribution in [2.24, 2.45) is 0 Å². The van der Waals surface area contributed by atoms with Crippen molar-refractivity contribution >= 4 is 33.3 Å². The monoisotopic (exact) mass is 382 g/mol. The van der Waals surface area contributed by atoms with E-state index in [4.69, 9.17) is 9.15 Å². The number of halogens is 1. The van der Waals surface area contributed by atoms with Crippen LogP contribution in [0.1, 0.15) is 17.3 Å². The number of fused-ring (bicyclic) bond motifs is 1. The molecule has 2 heterocycles. The highest BCUT2D eigenvalue weighted by molar-refractivity contribution is 7.14. The van der Waals surface area contributed by atoms with Gasteiger partial charge in [0.05, 0.1) is 6.61 Å². The van der Waals surface area contributed by atoms with E-state index in [9.17, 15) is 9.18 Å². The van der Waals surface area contributed by atoms with Gasteiger partial charge in [0, 0.05) is 16.3 Å². The second-order valence-electron chi connectivity index (χ2n) is 5.75. The van der Waals surface area contributed by atoms with Gasteiger partial charge in [-0.1, -0.05) is 6.07 Å². The predicted molar refractivity (Wildman–Crippen MR) is 103 cm³/mol. The molecule has 1 amide bonds. The molecule has 2 aromatic carbocycles. The van der Waals surface area contributed by atoms with Gasteiger partial charge in [0.25, 0.3) is 5.91 Å². The van der Waals surface area contributed by atoms with Gasteiger partial charge < -0.3 is 9.15 Å². The maximum atomic E-state index is 13.3. The Kier molecular flexibility index (Phi) is 4.60. The molecule has 0 aliphatic carbocycles. The maximum Gasteiger partial charge on any atom is 0.257 e. The quantitative estimate of drug-likeness (QED) is 0.506. The topological polar surface area (TPSA) is 64.4 Å². The van der Waals surface area contributed by atoms with Crippen molar-refractivity contribution in [2.45, 2.75) is 6.92 Å². The number of hydrogen-bond acceptors (Lipinski definition) is 5. The minimum Gasteiger partial charge on any atom is -0.494 e. The first kappa shape index (κ1) is 17.2. The number of amides is 1. The van der Waals surface area contributed by atoms with Crippen molar-refractivity contribution in [3.05, 3.63) is 65.3 Å². The van der Waals surface area contributed by atoms with E-state index in [0.717, 1.165) is 16.7 Å². The average Bonchev–Trinajstić information content (AvgIpc) is 3.28. The van der Waals surface area contributed by atoms with Gasteiger partial charge in [0.2, 0.25) is 0 Å². The fourth-order valence-corrected chi connectivity index (χ4v) is 3.34. The molecule has 0 unspecified atom stereocenters. The summed E-state index contributed by atoms with van der Waals surface area (Å²) in [5.41, 5.74) is 1.58. The van der Waals surface area contributed by atoms with E-state index in [0.29, 0.717) is 23.2 Å². The highest BCUT2D eigenvalue weighted by Gasteiger charge is 2.13. The molecular formula is C20H15FN2O3S. The molecule has 0 aliphatic rings. The first-order chi connectivity index (χ1) is 13.1. The predicted octanol–water partition coefficient (Wildman–Crippen LogP) is 5.35. The zero-order chi connectivity index (χ0) is 18.8. The number of anilines is 1. The van der Waals surface area contributed by atoms with Crippen LogP contribution in [0.5, 0.6) is 5.75 Å². The minimum absolute atomic E-state index is 0.235. The Hall–Kier alpha value is -3.19. The van der Waals surface area contributed by atoms with Crippen LogP contribution in [0, 0.1) is 5.82 Å². The SMILES string of the molecule is CCOc1ccc2oc(-c3csc(NC(=O)c4cccc(F)c4)n3)cc2c1. The Morgan fingerprint density at radius 3 is 2.96 bits per heavy atom. The van der Waals surface area contributed by atoms with Crippen LogP contribution in [-0.2, 0) is 0 Å². The zero-order valence-corrected chi connectivity index (χ0v) is 15.2. The van der Waals surface area contributed by atoms with Gasteiger partial charge in [0.1, 0.15) is 22.8 Å². The molecule has 0 saturated carbocycles. The van der Waals surface area contributed by atoms with Gasteiger partial charge in [-0.3, -0.25) is 10.1 Å². The molecule has 0 bridgehead atoms. The lowest BCUT2D eigenvalue weighted by molar-refractivity contribution is 0.102. The van der Waals surface area contributed by atoms with Gasteiger partial charge in [-0.25, -0.2) is 9.37 Å². The van der Waals surface area contributed by atoms with E-state index in [1.54, 1.807) is 11.4 Å². The van der Waals surface area contributed by atoms with Gasteiger partial charge in [-0.05, 0) is 49.4 Å². The summed E-state index contributed by atoms with van der Waals surface area (Å²) in [6.07, 6.45) is 0. The summed E-state index contributed by atoms with van der Waals surface area (Å²) in [6, 6.07) is 13.0. The number of thiazole rings is 1. The normalized spacial score (nSPS) is 10.9. The molecule has 0 radical (unpaired) electrons. The van der Waals surface area contributed by atoms with Crippen LogP contribution in [-0.4, -0.2) is 17.5 Å². The van der Waals surface area contributed by atoms with Gasteiger partial charge in [0.15, 0.2) is 10.9 Å². The molecule has 2 aromatic heterocycles. The number of carbonyl (C=O) groups is 1. The standard InChI is InChI=1S/C20H15FN2O3S/c1-2-25-15-6-7-17-13(9-15)10-18(26-17)16-11-27-20(22-16)23-19(24)12-4-3-5-14(21)8-12/h3-11H,2H2,1H3,(H,22,23,24). The summed E-state index contributed by atoms with van der Waals surface area (Å²) in [6.45, 7) is 2.52. The molecule has 27 heavy (non-hydrogen) atoms. The lowest BCUT2D eigenvalue weighted by Gasteiger charge is -2.01. The third kappa shape index (κ3) is 3.68. The summed E-state index contributed by atoms with van der Waals surface area (Å²) < 4.78 is 24.6. The summed E-state index contributed by atoms with van der Waals surface area (Å²) >= 11 is 1.27. The van der Waals surface area contributed by atoms with Gasteiger partial charge in [-0.2, -0.15) is 0 Å². The molecule has 7 heteroatoms. The summed E-state index contributed by atoms with van der Waals surface area (Å²) in [7, 11) is 0. The van der Waals surface area contributed by atoms with Crippen molar-refractivity contribution in [2.75, 3.05) is 11.9 Å². The van der Waals surface area contributed by atoms with Crippen LogP contribution in [0.2, 0.25) is 0 Å². The van der Waals surface area contributed by atoms with Crippen LogP contribution >= 0.6 is 11.3 Å². The van der Waals surface area contributed by atoms with Crippen LogP contribution in [0.15, 0.2) is 58.3 Å². The fourth-order valence-electron chi connectivity index (χ4n) is 2.65. The first-order valence-corrected chi connectivity index (χ1v) is 9.19. The van der Waals surface area contributed by atoms with Gasteiger partial charge in [-0.15, -0.1) is 11.3 Å². The van der Waals surface area contributed by atoms with E-state index < -0.39 is 11.7 Å². The van der Waals surface area contributed by atoms with Crippen LogP contribution < -0.4 is 10.1 Å². The number of ether oxygens (including phenoxy) is 1. The molecule has 0 saturated heterocycles. The molecule has 4 aromatic rings. The van der Waals surface area contributed by atoms with Crippen molar-refractivity contribution in [1.82, 2.24) is 4.98 Å². The highest BCUT2D eigenvalue weighted by Crippen LogP contribution is 2.32. The van der Waals surface area contributed by atoms with Crippen LogP contribution in [0.4, 0.5) is 9.52 Å². The lowest BCUT2D eigenvalue weighted by atomic mass is 10.2. The average molecular weight is 382 g/mol. The number of carbonyl (C=O) groups excluding carboxylic acids is 1. The fraction of sp³-hybridized carbons (Fsp3) is 0.100. The smallest absolute Gasteiger partial charge is 0.257 e. The van der Waals surface area contributed by atoms with E-state index in [1.165, 1.54) is 29.5 Å². The Balaban J connectivity index is 1.55. The number of aromatic nitrogens is 1. The van der Waals surface area contributed by atoms with Gasteiger partial charge >= 0.3 is 0 Å². The first-order valence-electron chi connectivity index (χ1n) is 8.31. The zero-order valence-electron chi connectivity index (χ0n) is 14.4. The van der Waals surface area contributed by atoms with Crippen molar-refractivity contribution in [3.8, 4) is 17.2 Å². The van der Waals surface area contributed by atoms with E-state index >= 15 is 0 Å². The molecule has 0 fully saturated rings. The van der Waals surface area contributed by atoms with Crippen LogP contribution in [0.3, 0.4) is 0 Å². The van der Waals surface area contributed by atoms with Crippen LogP contribution in [0.25, 0.3) is 22.4 Å². The molecule has 136 valence electrons. The number of furan rings is 1. The second-order valence-corrected chi connectivity index (χ2v) is 6.60. The lowest BCUT2D eigenvalue weighted by Crippen LogP contribution is -2.11. The largest absolute Gasteiger partial charge is 0.494 e. The molecule has 5 nitrogen and oxygen atoms in total. The Morgan fingerprint density at radius 2 is 2.15 bits per heavy atom. The number of benzene rings is 2. The number of rotatable bonds is 5. The van der Waals surface area contributed by atoms with Crippen molar-refractivity contribution < 1.29 is 18.3 Å². The highest BCUT2D eigenvalue weighted by atomic mass is 32.1. The Morgan fingerprint density at radius 1 is 1.26 bits per heavy atom. The number of nitrogens with one attached hydrogen (secondary N) is 1.